The van der Waals surface area contributed by atoms with Crippen molar-refractivity contribution in [3.05, 3.63) is 106 Å². The Balaban J connectivity index is 0.00000162. The van der Waals surface area contributed by atoms with Crippen LogP contribution in [0.2, 0.25) is 0 Å². The number of nitrogens with one attached hydrogen (secondary N) is 1. The smallest absolute Gasteiger partial charge is 0.141 e. The number of aliphatic imine (C=N–C) groups is 1. The van der Waals surface area contributed by atoms with Crippen LogP contribution in [0.15, 0.2) is 77.5 Å². The molecule has 2 aromatic carbocycles. The lowest BCUT2D eigenvalue weighted by Crippen LogP contribution is -2.44. The van der Waals surface area contributed by atoms with E-state index in [4.69, 9.17) is 4.99 Å². The lowest BCUT2D eigenvalue weighted by Gasteiger charge is -2.39. The van der Waals surface area contributed by atoms with Gasteiger partial charge in [0.2, 0.25) is 0 Å². The maximum absolute atomic E-state index is 10.3. The third kappa shape index (κ3) is 6.20. The molecule has 1 fully saturated rings. The summed E-state index contributed by atoms with van der Waals surface area (Å²) in [5.74, 6) is 1.05. The molecular weight excluding hydrogens is 538 g/mol. The number of fused-ring (bicyclic) bond motifs is 3. The fourth-order valence-electron chi connectivity index (χ4n) is 6.66. The van der Waals surface area contributed by atoms with Gasteiger partial charge in [-0.15, -0.1) is 0 Å². The predicted octanol–water partition coefficient (Wildman–Crippen LogP) is 10.1. The van der Waals surface area contributed by atoms with Crippen molar-refractivity contribution in [1.82, 2.24) is 4.90 Å². The first-order chi connectivity index (χ1) is 21.2. The zero-order valence-corrected chi connectivity index (χ0v) is 28.6. The molecule has 2 atom stereocenters. The number of allylic oxidation sites excluding steroid dienone is 5. The number of nitriles is 2. The second-order valence-electron chi connectivity index (χ2n) is 11.1. The van der Waals surface area contributed by atoms with E-state index in [2.05, 4.69) is 59.4 Å². The van der Waals surface area contributed by atoms with Gasteiger partial charge >= 0.3 is 0 Å². The monoisotopic (exact) mass is 589 g/mol. The van der Waals surface area contributed by atoms with Gasteiger partial charge in [0.05, 0.1) is 28.8 Å². The van der Waals surface area contributed by atoms with Crippen LogP contribution in [-0.2, 0) is 5.41 Å². The van der Waals surface area contributed by atoms with E-state index >= 15 is 0 Å². The second kappa shape index (κ2) is 15.5. The lowest BCUT2D eigenvalue weighted by atomic mass is 9.78. The average molecular weight is 590 g/mol. The SMILES string of the molecule is C=C/C=C\C(CC)=C(/C(C)C)N(C(=N)c1ccccc1C)C1=N[C@@]2(CC)CC2(CC)c2c(C#N)cc(C#N)cc21.CC.CC. The number of hydrogen-bond acceptors (Lipinski definition) is 4. The van der Waals surface area contributed by atoms with Crippen LogP contribution in [0.4, 0.5) is 0 Å². The molecule has 44 heavy (non-hydrogen) atoms. The molecule has 0 saturated heterocycles. The number of amidine groups is 2. The molecule has 1 unspecified atom stereocenters. The summed E-state index contributed by atoms with van der Waals surface area (Å²) in [5, 5.41) is 29.9. The number of benzene rings is 2. The minimum atomic E-state index is -0.348. The van der Waals surface area contributed by atoms with E-state index < -0.39 is 0 Å². The summed E-state index contributed by atoms with van der Waals surface area (Å²) in [6.07, 6.45) is 9.07. The third-order valence-corrected chi connectivity index (χ3v) is 8.74. The Morgan fingerprint density at radius 2 is 1.73 bits per heavy atom. The Morgan fingerprint density at radius 1 is 1.07 bits per heavy atom. The van der Waals surface area contributed by atoms with E-state index in [1.807, 2.05) is 75.9 Å². The molecule has 5 nitrogen and oxygen atoms in total. The van der Waals surface area contributed by atoms with Crippen molar-refractivity contribution < 1.29 is 0 Å². The summed E-state index contributed by atoms with van der Waals surface area (Å²) < 4.78 is 0. The van der Waals surface area contributed by atoms with Crippen molar-refractivity contribution in [2.45, 2.75) is 106 Å². The molecule has 0 radical (unpaired) electrons. The number of rotatable bonds is 8. The summed E-state index contributed by atoms with van der Waals surface area (Å²) in [6, 6.07) is 16.2. The molecule has 232 valence electrons. The van der Waals surface area contributed by atoms with Crippen molar-refractivity contribution in [2.75, 3.05) is 0 Å². The Hall–Kier alpha value is -4.22. The molecule has 4 rings (SSSR count). The zero-order valence-electron chi connectivity index (χ0n) is 28.6. The summed E-state index contributed by atoms with van der Waals surface area (Å²) in [4.78, 5) is 7.53. The van der Waals surface area contributed by atoms with Gasteiger partial charge in [0.25, 0.3) is 0 Å². The molecule has 1 aliphatic carbocycles. The van der Waals surface area contributed by atoms with E-state index in [0.717, 1.165) is 59.2 Å². The summed E-state index contributed by atoms with van der Waals surface area (Å²) in [5.41, 5.74) is 6.04. The van der Waals surface area contributed by atoms with Crippen molar-refractivity contribution >= 4 is 11.7 Å². The first-order valence-corrected chi connectivity index (χ1v) is 16.2. The van der Waals surface area contributed by atoms with Gasteiger partial charge in [-0.3, -0.25) is 15.3 Å². The zero-order chi connectivity index (χ0) is 33.2. The first kappa shape index (κ1) is 36.0. The maximum atomic E-state index is 10.3. The van der Waals surface area contributed by atoms with Crippen molar-refractivity contribution in [3.63, 3.8) is 0 Å². The summed E-state index contributed by atoms with van der Waals surface area (Å²) in [6.45, 7) is 24.6. The molecule has 1 heterocycles. The molecule has 5 heteroatoms. The topological polar surface area (TPSA) is 87.0 Å². The van der Waals surface area contributed by atoms with Crippen LogP contribution < -0.4 is 0 Å². The largest absolute Gasteiger partial charge is 0.284 e. The van der Waals surface area contributed by atoms with Crippen LogP contribution in [0.5, 0.6) is 0 Å². The molecular formula is C39H51N5. The standard InChI is InChI=1S/C35H39N5.2C2H6/c1-8-12-16-26(9-2)31(23(5)6)40(32(38)28-17-14-13-15-24(28)7)33-29-19-25(20-36)18-27(21-37)30(29)34(10-3)22-35(34,11-4)39-33;2*1-2/h8,12-19,23,38H,1,9-11,22H2,2-7H3;2*1-2H3/b16-12-,31-26+,38-32?;;/t34?,35-;;/m0../s1. The second-order valence-corrected chi connectivity index (χ2v) is 11.1. The van der Waals surface area contributed by atoms with Crippen LogP contribution in [0.25, 0.3) is 0 Å². The fourth-order valence-corrected chi connectivity index (χ4v) is 6.66. The van der Waals surface area contributed by atoms with Crippen LogP contribution in [0, 0.1) is 40.9 Å². The first-order valence-electron chi connectivity index (χ1n) is 16.2. The highest BCUT2D eigenvalue weighted by atomic mass is 15.3. The van der Waals surface area contributed by atoms with Gasteiger partial charge in [-0.1, -0.05) is 111 Å². The number of hydrogen-bond donors (Lipinski definition) is 1. The highest BCUT2D eigenvalue weighted by molar-refractivity contribution is 6.17. The van der Waals surface area contributed by atoms with E-state index in [9.17, 15) is 15.9 Å². The Labute approximate surface area is 266 Å². The Kier molecular flexibility index (Phi) is 12.7. The average Bonchev–Trinajstić information content (AvgIpc) is 3.75. The normalized spacial score (nSPS) is 19.8. The number of aryl methyl sites for hydroxylation is 1. The quantitative estimate of drug-likeness (QED) is 0.189. The van der Waals surface area contributed by atoms with Crippen LogP contribution in [-0.4, -0.2) is 22.1 Å². The van der Waals surface area contributed by atoms with Crippen LogP contribution >= 0.6 is 0 Å². The molecule has 2 aliphatic rings. The minimum absolute atomic E-state index is 0.0594. The van der Waals surface area contributed by atoms with Crippen molar-refractivity contribution in [2.24, 2.45) is 10.9 Å². The van der Waals surface area contributed by atoms with Gasteiger partial charge in [-0.25, -0.2) is 0 Å². The van der Waals surface area contributed by atoms with E-state index in [1.165, 1.54) is 0 Å². The van der Waals surface area contributed by atoms with E-state index in [1.54, 1.807) is 12.1 Å². The molecule has 0 aromatic heterocycles. The molecule has 1 aliphatic heterocycles. The molecule has 0 bridgehead atoms. The highest BCUT2D eigenvalue weighted by Crippen LogP contribution is 2.67. The third-order valence-electron chi connectivity index (χ3n) is 8.74. The van der Waals surface area contributed by atoms with Gasteiger partial charge in [0.15, 0.2) is 0 Å². The maximum Gasteiger partial charge on any atom is 0.141 e. The fraction of sp³-hybridized carbons (Fsp3) is 0.436. The Bertz CT molecular complexity index is 1540. The van der Waals surface area contributed by atoms with E-state index in [0.29, 0.717) is 22.8 Å². The van der Waals surface area contributed by atoms with Crippen LogP contribution in [0.1, 0.15) is 121 Å². The number of nitrogens with zero attached hydrogens (tertiary/aromatic N) is 4. The van der Waals surface area contributed by atoms with Gasteiger partial charge in [-0.2, -0.15) is 10.5 Å². The molecule has 1 saturated carbocycles. The van der Waals surface area contributed by atoms with Gasteiger partial charge in [-0.05, 0) is 67.4 Å². The highest BCUT2D eigenvalue weighted by Gasteiger charge is 2.70. The molecule has 2 aromatic rings. The molecule has 0 amide bonds. The minimum Gasteiger partial charge on any atom is -0.284 e. The molecule has 0 spiro atoms. The Morgan fingerprint density at radius 3 is 2.23 bits per heavy atom. The van der Waals surface area contributed by atoms with Gasteiger partial charge in [0, 0.05) is 22.2 Å². The lowest BCUT2D eigenvalue weighted by molar-refractivity contribution is 0.483. The van der Waals surface area contributed by atoms with E-state index in [-0.39, 0.29) is 16.9 Å². The van der Waals surface area contributed by atoms with Gasteiger partial charge in [0.1, 0.15) is 11.7 Å². The predicted molar refractivity (Wildman–Crippen MR) is 186 cm³/mol. The van der Waals surface area contributed by atoms with Crippen LogP contribution in [0.3, 0.4) is 0 Å². The molecule has 1 N–H and O–H groups in total. The van der Waals surface area contributed by atoms with Crippen molar-refractivity contribution in [3.8, 4) is 12.1 Å². The summed E-state index contributed by atoms with van der Waals surface area (Å²) >= 11 is 0. The van der Waals surface area contributed by atoms with Crippen molar-refractivity contribution in [1.29, 1.82) is 15.9 Å². The summed E-state index contributed by atoms with van der Waals surface area (Å²) in [7, 11) is 0. The van der Waals surface area contributed by atoms with Gasteiger partial charge < -0.3 is 0 Å².